The molecule has 2 amide bonds. The number of nitrogens with one attached hydrogen (secondary N) is 1. The number of rotatable bonds is 3. The van der Waals surface area contributed by atoms with Gasteiger partial charge in [-0.15, -0.1) is 0 Å². The number of benzene rings is 1. The molecule has 120 valence electrons. The molecule has 0 bridgehead atoms. The van der Waals surface area contributed by atoms with Crippen LogP contribution in [0, 0.1) is 6.92 Å². The molecular weight excluding hydrogens is 292 g/mol. The van der Waals surface area contributed by atoms with Crippen LogP contribution in [0.5, 0.6) is 0 Å². The van der Waals surface area contributed by atoms with E-state index in [9.17, 15) is 9.59 Å². The predicted molar refractivity (Wildman–Crippen MR) is 85.4 cm³/mol. The molecule has 2 aromatic rings. The van der Waals surface area contributed by atoms with Crippen molar-refractivity contribution in [3.05, 3.63) is 59.0 Å². The van der Waals surface area contributed by atoms with Crippen molar-refractivity contribution in [1.82, 2.24) is 10.2 Å². The Labute approximate surface area is 135 Å². The molecule has 1 aliphatic heterocycles. The van der Waals surface area contributed by atoms with Gasteiger partial charge in [-0.1, -0.05) is 24.3 Å². The molecule has 0 spiro atoms. The molecule has 3 rings (SSSR count). The Hall–Kier alpha value is -2.56. The summed E-state index contributed by atoms with van der Waals surface area (Å²) in [5.74, 6) is 0.581. The van der Waals surface area contributed by atoms with Crippen LogP contribution in [0.15, 0.2) is 41.0 Å². The number of aryl methyl sites for hydroxylation is 1. The van der Waals surface area contributed by atoms with Gasteiger partial charge in [0, 0.05) is 32.0 Å². The molecule has 1 unspecified atom stereocenters. The first-order chi connectivity index (χ1) is 11.1. The second-order valence-electron chi connectivity index (χ2n) is 5.86. The van der Waals surface area contributed by atoms with Crippen LogP contribution in [0.1, 0.15) is 29.4 Å². The van der Waals surface area contributed by atoms with Crippen molar-refractivity contribution < 1.29 is 14.0 Å². The first-order valence-corrected chi connectivity index (χ1v) is 7.71. The average molecular weight is 312 g/mol. The van der Waals surface area contributed by atoms with Crippen molar-refractivity contribution in [3.63, 3.8) is 0 Å². The molecule has 0 saturated heterocycles. The van der Waals surface area contributed by atoms with Crippen LogP contribution >= 0.6 is 0 Å². The highest BCUT2D eigenvalue weighted by Crippen LogP contribution is 2.23. The zero-order valence-corrected chi connectivity index (χ0v) is 13.3. The number of nitrogens with zero attached hydrogens (tertiary/aromatic N) is 1. The molecule has 1 aromatic carbocycles. The third-order valence-corrected chi connectivity index (χ3v) is 4.38. The Kier molecular flexibility index (Phi) is 4.19. The third kappa shape index (κ3) is 3.13. The molecule has 0 fully saturated rings. The average Bonchev–Trinajstić information content (AvgIpc) is 2.96. The van der Waals surface area contributed by atoms with E-state index >= 15 is 0 Å². The number of carbonyl (C=O) groups excluding carboxylic acids is 2. The first kappa shape index (κ1) is 15.3. The van der Waals surface area contributed by atoms with Gasteiger partial charge in [0.2, 0.25) is 11.8 Å². The smallest absolute Gasteiger partial charge is 0.243 e. The van der Waals surface area contributed by atoms with Gasteiger partial charge in [0.25, 0.3) is 0 Å². The van der Waals surface area contributed by atoms with Gasteiger partial charge in [-0.25, -0.2) is 0 Å². The van der Waals surface area contributed by atoms with E-state index in [1.54, 1.807) is 11.2 Å². The molecule has 1 atom stereocenters. The van der Waals surface area contributed by atoms with Gasteiger partial charge in [-0.2, -0.15) is 0 Å². The fourth-order valence-corrected chi connectivity index (χ4v) is 2.98. The lowest BCUT2D eigenvalue weighted by atomic mass is 9.93. The molecule has 1 aliphatic rings. The maximum absolute atomic E-state index is 12.6. The number of fused-ring (bicyclic) bond motifs is 1. The quantitative estimate of drug-likeness (QED) is 0.945. The molecule has 0 aliphatic carbocycles. The number of furan rings is 1. The molecule has 1 N–H and O–H groups in total. The third-order valence-electron chi connectivity index (χ3n) is 4.38. The standard InChI is InChI=1S/C18H20N2O3/c1-12-15(7-8-23-12)10-19-18(22)17-9-14-5-3-4-6-16(14)11-20(17)13(2)21/h3-8,17H,9-11H2,1-2H3,(H,19,22). The highest BCUT2D eigenvalue weighted by Gasteiger charge is 2.32. The molecule has 0 saturated carbocycles. The molecular formula is C18H20N2O3. The van der Waals surface area contributed by atoms with Gasteiger partial charge in [0.05, 0.1) is 6.26 Å². The van der Waals surface area contributed by atoms with E-state index in [4.69, 9.17) is 4.42 Å². The van der Waals surface area contributed by atoms with E-state index in [1.807, 2.05) is 37.3 Å². The van der Waals surface area contributed by atoms with Gasteiger partial charge in [0.1, 0.15) is 11.8 Å². The van der Waals surface area contributed by atoms with Gasteiger partial charge >= 0.3 is 0 Å². The second kappa shape index (κ2) is 6.28. The van der Waals surface area contributed by atoms with Crippen LogP contribution in [-0.2, 0) is 29.1 Å². The number of hydrogen-bond donors (Lipinski definition) is 1. The second-order valence-corrected chi connectivity index (χ2v) is 5.86. The maximum Gasteiger partial charge on any atom is 0.243 e. The SMILES string of the molecule is CC(=O)N1Cc2ccccc2CC1C(=O)NCc1ccoc1C. The van der Waals surface area contributed by atoms with E-state index in [1.165, 1.54) is 6.92 Å². The Morgan fingerprint density at radius 1 is 1.26 bits per heavy atom. The fourth-order valence-electron chi connectivity index (χ4n) is 2.98. The normalized spacial score (nSPS) is 16.8. The van der Waals surface area contributed by atoms with Crippen molar-refractivity contribution in [2.75, 3.05) is 0 Å². The van der Waals surface area contributed by atoms with Crippen LogP contribution in [0.4, 0.5) is 0 Å². The number of carbonyl (C=O) groups is 2. The molecule has 23 heavy (non-hydrogen) atoms. The van der Waals surface area contributed by atoms with Gasteiger partial charge in [0.15, 0.2) is 0 Å². The largest absolute Gasteiger partial charge is 0.469 e. The predicted octanol–water partition coefficient (Wildman–Crippen LogP) is 2.18. The van der Waals surface area contributed by atoms with Gasteiger partial charge in [-0.05, 0) is 24.1 Å². The number of hydrogen-bond acceptors (Lipinski definition) is 3. The Morgan fingerprint density at radius 3 is 2.65 bits per heavy atom. The number of amides is 2. The molecule has 5 nitrogen and oxygen atoms in total. The summed E-state index contributed by atoms with van der Waals surface area (Å²) in [4.78, 5) is 26.2. The summed E-state index contributed by atoms with van der Waals surface area (Å²) in [5, 5.41) is 2.92. The zero-order valence-electron chi connectivity index (χ0n) is 13.3. The summed E-state index contributed by atoms with van der Waals surface area (Å²) >= 11 is 0. The van der Waals surface area contributed by atoms with E-state index in [-0.39, 0.29) is 11.8 Å². The van der Waals surface area contributed by atoms with Crippen LogP contribution < -0.4 is 5.32 Å². The summed E-state index contributed by atoms with van der Waals surface area (Å²) in [6, 6.07) is 9.33. The van der Waals surface area contributed by atoms with Crippen LogP contribution in [0.2, 0.25) is 0 Å². The minimum absolute atomic E-state index is 0.0841. The van der Waals surface area contributed by atoms with Crippen LogP contribution in [0.3, 0.4) is 0 Å². The van der Waals surface area contributed by atoms with E-state index in [0.29, 0.717) is 19.5 Å². The van der Waals surface area contributed by atoms with Crippen molar-refractivity contribution in [3.8, 4) is 0 Å². The lowest BCUT2D eigenvalue weighted by Crippen LogP contribution is -2.51. The Bertz CT molecular complexity index is 735. The maximum atomic E-state index is 12.6. The lowest BCUT2D eigenvalue weighted by Gasteiger charge is -2.35. The van der Waals surface area contributed by atoms with Gasteiger partial charge in [-0.3, -0.25) is 9.59 Å². The first-order valence-electron chi connectivity index (χ1n) is 7.71. The lowest BCUT2D eigenvalue weighted by molar-refractivity contribution is -0.140. The summed E-state index contributed by atoms with van der Waals surface area (Å²) in [5.41, 5.74) is 3.19. The monoisotopic (exact) mass is 312 g/mol. The van der Waals surface area contributed by atoms with Crippen molar-refractivity contribution >= 4 is 11.8 Å². The zero-order chi connectivity index (χ0) is 16.4. The molecule has 2 heterocycles. The minimum Gasteiger partial charge on any atom is -0.469 e. The molecule has 1 aromatic heterocycles. The summed E-state index contributed by atoms with van der Waals surface area (Å²) in [7, 11) is 0. The summed E-state index contributed by atoms with van der Waals surface area (Å²) in [6.45, 7) is 4.26. The molecule has 5 heteroatoms. The van der Waals surface area contributed by atoms with E-state index in [0.717, 1.165) is 22.5 Å². The highest BCUT2D eigenvalue weighted by atomic mass is 16.3. The van der Waals surface area contributed by atoms with Crippen molar-refractivity contribution in [2.45, 2.75) is 39.4 Å². The topological polar surface area (TPSA) is 62.6 Å². The van der Waals surface area contributed by atoms with Gasteiger partial charge < -0.3 is 14.6 Å². The highest BCUT2D eigenvalue weighted by molar-refractivity contribution is 5.87. The Morgan fingerprint density at radius 2 is 2.00 bits per heavy atom. The fraction of sp³-hybridized carbons (Fsp3) is 0.333. The summed E-state index contributed by atoms with van der Waals surface area (Å²) in [6.07, 6.45) is 2.15. The summed E-state index contributed by atoms with van der Waals surface area (Å²) < 4.78 is 5.23. The molecule has 0 radical (unpaired) electrons. The van der Waals surface area contributed by atoms with Crippen molar-refractivity contribution in [2.24, 2.45) is 0 Å². The van der Waals surface area contributed by atoms with E-state index < -0.39 is 6.04 Å². The van der Waals surface area contributed by atoms with Crippen LogP contribution in [0.25, 0.3) is 0 Å². The van der Waals surface area contributed by atoms with E-state index in [2.05, 4.69) is 5.32 Å². The Balaban J connectivity index is 1.75. The van der Waals surface area contributed by atoms with Crippen LogP contribution in [-0.4, -0.2) is 22.8 Å². The minimum atomic E-state index is -0.463. The van der Waals surface area contributed by atoms with Crippen molar-refractivity contribution in [1.29, 1.82) is 0 Å².